The lowest BCUT2D eigenvalue weighted by molar-refractivity contribution is -0.117. The third-order valence-corrected chi connectivity index (χ3v) is 5.25. The van der Waals surface area contributed by atoms with Crippen LogP contribution in [0.25, 0.3) is 11.3 Å². The van der Waals surface area contributed by atoms with Crippen molar-refractivity contribution >= 4 is 29.1 Å². The third-order valence-electron chi connectivity index (χ3n) is 5.25. The molecule has 172 valence electrons. The Morgan fingerprint density at radius 2 is 2.09 bits per heavy atom. The summed E-state index contributed by atoms with van der Waals surface area (Å²) in [6.45, 7) is 0.985. The van der Waals surface area contributed by atoms with Crippen molar-refractivity contribution in [2.24, 2.45) is 18.9 Å². The molecule has 0 aromatic carbocycles. The molecule has 2 amide bonds. The van der Waals surface area contributed by atoms with E-state index in [9.17, 15) is 9.59 Å². The van der Waals surface area contributed by atoms with Crippen molar-refractivity contribution < 1.29 is 18.4 Å². The predicted octanol–water partition coefficient (Wildman–Crippen LogP) is 1.68. The molecule has 1 fully saturated rings. The molecule has 4 rings (SSSR count). The van der Waals surface area contributed by atoms with Crippen LogP contribution < -0.4 is 20.7 Å². The number of ether oxygens (including phenoxy) is 1. The summed E-state index contributed by atoms with van der Waals surface area (Å²) in [5, 5.41) is 23.8. The number of hydrogen-bond donors (Lipinski definition) is 3. The minimum absolute atomic E-state index is 0.0624. The largest absolute Gasteiger partial charge is 0.492 e. The number of rotatable bonds is 7. The van der Waals surface area contributed by atoms with Gasteiger partial charge in [-0.15, -0.1) is 10.2 Å². The maximum Gasteiger partial charge on any atom is 0.273 e. The molecule has 1 saturated carbocycles. The maximum absolute atomic E-state index is 12.7. The number of nitrogens with one attached hydrogen (secondary N) is 3. The zero-order valence-corrected chi connectivity index (χ0v) is 18.5. The van der Waals surface area contributed by atoms with Gasteiger partial charge >= 0.3 is 0 Å². The smallest absolute Gasteiger partial charge is 0.273 e. The topological polar surface area (TPSA) is 149 Å². The van der Waals surface area contributed by atoms with Gasteiger partial charge in [0.05, 0.1) is 24.6 Å². The van der Waals surface area contributed by atoms with Gasteiger partial charge in [0, 0.05) is 35.8 Å². The fraction of sp³-hybridized carbons (Fsp3) is 0.381. The van der Waals surface area contributed by atoms with Crippen molar-refractivity contribution in [3.63, 3.8) is 0 Å². The number of aryl methyl sites for hydroxylation is 2. The number of carbonyl (C=O) groups excluding carboxylic acids is 2. The molecule has 3 aromatic rings. The number of pyridine rings is 1. The van der Waals surface area contributed by atoms with Crippen molar-refractivity contribution in [2.45, 2.75) is 20.3 Å². The van der Waals surface area contributed by atoms with E-state index in [0.29, 0.717) is 22.7 Å². The first-order valence-electron chi connectivity index (χ1n) is 11.7. The van der Waals surface area contributed by atoms with Gasteiger partial charge in [-0.1, -0.05) is 6.92 Å². The van der Waals surface area contributed by atoms with E-state index in [1.54, 1.807) is 26.2 Å². The van der Waals surface area contributed by atoms with Crippen LogP contribution in [0.2, 0.25) is 0 Å². The van der Waals surface area contributed by atoms with Crippen molar-refractivity contribution in [1.29, 1.82) is 0 Å². The first kappa shape index (κ1) is 18.5. The minimum atomic E-state index is -2.75. The van der Waals surface area contributed by atoms with Crippen LogP contribution in [-0.4, -0.2) is 56.1 Å². The summed E-state index contributed by atoms with van der Waals surface area (Å²) in [5.74, 6) is -0.430. The predicted molar refractivity (Wildman–Crippen MR) is 120 cm³/mol. The summed E-state index contributed by atoms with van der Waals surface area (Å²) in [4.78, 5) is 31.0. The molecule has 0 radical (unpaired) electrons. The summed E-state index contributed by atoms with van der Waals surface area (Å²) in [6, 6.07) is 3.15. The maximum atomic E-state index is 12.7. The Bertz CT molecular complexity index is 1330. The quantitative estimate of drug-likeness (QED) is 0.485. The van der Waals surface area contributed by atoms with Crippen LogP contribution in [0.1, 0.15) is 33.6 Å². The van der Waals surface area contributed by atoms with E-state index < -0.39 is 12.9 Å². The van der Waals surface area contributed by atoms with Crippen molar-refractivity contribution in [3.05, 3.63) is 29.7 Å². The number of methoxy groups -OCH3 is 1. The second-order valence-electron chi connectivity index (χ2n) is 7.79. The average molecular weight is 455 g/mol. The molecule has 3 N–H and O–H groups in total. The van der Waals surface area contributed by atoms with Crippen LogP contribution in [0.5, 0.6) is 5.75 Å². The van der Waals surface area contributed by atoms with Crippen LogP contribution in [0.3, 0.4) is 0 Å². The molecule has 0 bridgehead atoms. The lowest BCUT2D eigenvalue weighted by Crippen LogP contribution is -2.23. The van der Waals surface area contributed by atoms with E-state index >= 15 is 0 Å². The molecule has 1 aliphatic carbocycles. The summed E-state index contributed by atoms with van der Waals surface area (Å²) < 4.78 is 27.7. The Labute approximate surface area is 194 Å². The molecule has 0 aliphatic heterocycles. The number of anilines is 3. The van der Waals surface area contributed by atoms with Crippen LogP contribution in [0.4, 0.5) is 17.3 Å². The summed E-state index contributed by atoms with van der Waals surface area (Å²) in [7, 11) is 3.13. The summed E-state index contributed by atoms with van der Waals surface area (Å²) in [5.41, 5.74) is 1.48. The zero-order valence-electron chi connectivity index (χ0n) is 21.5. The SMILES string of the molecule is [2H]C([2H])([2H])NC(=O)c1nnc(NC(=O)[C@H]2C[C@@H]2C)cc1Nc1nc(C)cc(-c2cnn(C)n2)c1OC. The van der Waals surface area contributed by atoms with E-state index in [2.05, 4.69) is 36.0 Å². The van der Waals surface area contributed by atoms with Gasteiger partial charge in [0.2, 0.25) is 5.91 Å². The van der Waals surface area contributed by atoms with Crippen molar-refractivity contribution in [3.8, 4) is 17.0 Å². The van der Waals surface area contributed by atoms with Gasteiger partial charge in [0.25, 0.3) is 5.91 Å². The van der Waals surface area contributed by atoms with Gasteiger partial charge in [0.15, 0.2) is 23.1 Å². The van der Waals surface area contributed by atoms with Gasteiger partial charge in [-0.2, -0.15) is 15.0 Å². The van der Waals surface area contributed by atoms with Gasteiger partial charge in [-0.25, -0.2) is 4.98 Å². The number of hydrogen-bond acceptors (Lipinski definition) is 9. The van der Waals surface area contributed by atoms with Crippen LogP contribution in [0.15, 0.2) is 18.3 Å². The number of amides is 2. The van der Waals surface area contributed by atoms with E-state index in [-0.39, 0.29) is 40.8 Å². The van der Waals surface area contributed by atoms with E-state index in [4.69, 9.17) is 8.85 Å². The van der Waals surface area contributed by atoms with Crippen LogP contribution in [0, 0.1) is 18.8 Å². The Balaban J connectivity index is 1.75. The van der Waals surface area contributed by atoms with Gasteiger partial charge < -0.3 is 20.7 Å². The molecule has 2 atom stereocenters. The molecule has 3 aromatic heterocycles. The average Bonchev–Trinajstić information content (AvgIpc) is 3.36. The molecule has 0 spiro atoms. The molecule has 0 saturated heterocycles. The van der Waals surface area contributed by atoms with Crippen molar-refractivity contribution in [1.82, 2.24) is 35.5 Å². The fourth-order valence-electron chi connectivity index (χ4n) is 3.42. The van der Waals surface area contributed by atoms with E-state index in [1.807, 2.05) is 12.2 Å². The number of nitrogens with zero attached hydrogens (tertiary/aromatic N) is 6. The van der Waals surface area contributed by atoms with Crippen LogP contribution in [-0.2, 0) is 11.8 Å². The molecular formula is C21H25N9O3. The fourth-order valence-corrected chi connectivity index (χ4v) is 3.42. The highest BCUT2D eigenvalue weighted by molar-refractivity contribution is 6.00. The highest BCUT2D eigenvalue weighted by Gasteiger charge is 2.39. The molecule has 12 nitrogen and oxygen atoms in total. The highest BCUT2D eigenvalue weighted by atomic mass is 16.5. The monoisotopic (exact) mass is 454 g/mol. The van der Waals surface area contributed by atoms with Gasteiger partial charge in [-0.3, -0.25) is 9.59 Å². The Morgan fingerprint density at radius 3 is 2.73 bits per heavy atom. The summed E-state index contributed by atoms with van der Waals surface area (Å²) in [6.07, 6.45) is 2.34. The highest BCUT2D eigenvalue weighted by Crippen LogP contribution is 2.39. The Hall–Kier alpha value is -4.09. The lowest BCUT2D eigenvalue weighted by Gasteiger charge is -2.16. The lowest BCUT2D eigenvalue weighted by atomic mass is 10.1. The molecular weight excluding hydrogens is 426 g/mol. The first-order chi connectivity index (χ1) is 16.9. The van der Waals surface area contributed by atoms with Gasteiger partial charge in [0.1, 0.15) is 5.69 Å². The molecule has 1 aliphatic rings. The van der Waals surface area contributed by atoms with E-state index in [1.165, 1.54) is 18.0 Å². The van der Waals surface area contributed by atoms with Crippen molar-refractivity contribution in [2.75, 3.05) is 24.7 Å². The molecule has 33 heavy (non-hydrogen) atoms. The zero-order chi connectivity index (χ0) is 26.2. The molecule has 0 unspecified atom stereocenters. The normalized spacial score (nSPS) is 18.5. The Kier molecular flexibility index (Phi) is 4.93. The molecule has 12 heteroatoms. The second-order valence-corrected chi connectivity index (χ2v) is 7.79. The minimum Gasteiger partial charge on any atom is -0.492 e. The standard InChI is InChI=1S/C21H25N9O3/c1-10-6-12(10)20(31)26-16-8-14(17(28-27-16)21(32)22-3)25-19-18(33-5)13(7-11(2)24-19)15-9-23-30(4)29-15/h7-10,12H,6H2,1-5H3,(H,22,32)(H2,24,25,26,27,31)/t10-,12-/m0/s1/i3D3. The van der Waals surface area contributed by atoms with Gasteiger partial charge in [-0.05, 0) is 25.3 Å². The Morgan fingerprint density at radius 1 is 1.30 bits per heavy atom. The second kappa shape index (κ2) is 8.81. The molecule has 3 heterocycles. The number of carbonyl (C=O) groups is 2. The van der Waals surface area contributed by atoms with Crippen LogP contribution >= 0.6 is 0 Å². The third kappa shape index (κ3) is 4.59. The van der Waals surface area contributed by atoms with E-state index in [0.717, 1.165) is 6.42 Å². The first-order valence-corrected chi connectivity index (χ1v) is 10.2. The number of aromatic nitrogens is 6. The summed E-state index contributed by atoms with van der Waals surface area (Å²) >= 11 is 0.